The zero-order valence-electron chi connectivity index (χ0n) is 17.6. The van der Waals surface area contributed by atoms with Crippen LogP contribution in [0.15, 0.2) is 45.6 Å². The molecule has 1 unspecified atom stereocenters. The number of fused-ring (bicyclic) bond motifs is 2. The molecule has 1 aromatic heterocycles. The molecule has 2 atom stereocenters. The van der Waals surface area contributed by atoms with Gasteiger partial charge < -0.3 is 18.8 Å². The molecule has 3 heterocycles. The van der Waals surface area contributed by atoms with E-state index in [4.69, 9.17) is 13.9 Å². The van der Waals surface area contributed by atoms with Gasteiger partial charge in [0.2, 0.25) is 0 Å². The fourth-order valence-corrected chi connectivity index (χ4v) is 4.84. The number of likely N-dealkylation sites (tertiary alicyclic amines) is 1. The highest BCUT2D eigenvalue weighted by Crippen LogP contribution is 2.33. The highest BCUT2D eigenvalue weighted by Gasteiger charge is 2.31. The van der Waals surface area contributed by atoms with Crippen LogP contribution in [0, 0.1) is 13.8 Å². The van der Waals surface area contributed by atoms with Gasteiger partial charge in [-0.2, -0.15) is 0 Å². The Bertz CT molecular complexity index is 1150. The molecule has 0 amide bonds. The van der Waals surface area contributed by atoms with Crippen molar-refractivity contribution in [3.63, 3.8) is 0 Å². The first-order valence-corrected chi connectivity index (χ1v) is 10.9. The zero-order valence-corrected chi connectivity index (χ0v) is 17.6. The van der Waals surface area contributed by atoms with Gasteiger partial charge in [-0.15, -0.1) is 0 Å². The number of hydrogen-bond acceptors (Lipinski definition) is 4. The molecule has 3 aromatic rings. The lowest BCUT2D eigenvalue weighted by molar-refractivity contribution is -0.931. The second-order valence-corrected chi connectivity index (χ2v) is 8.51. The van der Waals surface area contributed by atoms with Crippen molar-refractivity contribution in [2.24, 2.45) is 0 Å². The molecular weight excluding hydrogens is 378 g/mol. The van der Waals surface area contributed by atoms with E-state index in [0.717, 1.165) is 65.1 Å². The summed E-state index contributed by atoms with van der Waals surface area (Å²) in [5.41, 5.74) is 5.00. The van der Waals surface area contributed by atoms with Crippen LogP contribution in [0.1, 0.15) is 47.6 Å². The van der Waals surface area contributed by atoms with Crippen LogP contribution in [-0.4, -0.2) is 19.8 Å². The third-order valence-corrected chi connectivity index (χ3v) is 6.59. The van der Waals surface area contributed by atoms with Crippen molar-refractivity contribution in [1.29, 1.82) is 0 Å². The third kappa shape index (κ3) is 3.47. The van der Waals surface area contributed by atoms with Crippen molar-refractivity contribution in [1.82, 2.24) is 0 Å². The first-order chi connectivity index (χ1) is 14.6. The minimum atomic E-state index is -0.267. The quantitative estimate of drug-likeness (QED) is 0.677. The lowest BCUT2D eigenvalue weighted by Crippen LogP contribution is -3.08. The summed E-state index contributed by atoms with van der Waals surface area (Å²) >= 11 is 0. The van der Waals surface area contributed by atoms with Gasteiger partial charge in [0.1, 0.15) is 18.2 Å². The Morgan fingerprint density at radius 2 is 1.83 bits per heavy atom. The van der Waals surface area contributed by atoms with Crippen molar-refractivity contribution in [2.45, 2.75) is 45.7 Å². The van der Waals surface area contributed by atoms with E-state index < -0.39 is 0 Å². The molecule has 1 N–H and O–H groups in total. The van der Waals surface area contributed by atoms with Crippen LogP contribution >= 0.6 is 0 Å². The predicted octanol–water partition coefficient (Wildman–Crippen LogP) is 3.49. The van der Waals surface area contributed by atoms with Crippen LogP contribution in [0.4, 0.5) is 0 Å². The Morgan fingerprint density at radius 1 is 1.00 bits per heavy atom. The minimum Gasteiger partial charge on any atom is -0.490 e. The van der Waals surface area contributed by atoms with Crippen molar-refractivity contribution in [3.05, 3.63) is 69.1 Å². The van der Waals surface area contributed by atoms with E-state index in [1.807, 2.05) is 19.9 Å². The summed E-state index contributed by atoms with van der Waals surface area (Å²) in [4.78, 5) is 13.8. The number of benzene rings is 2. The van der Waals surface area contributed by atoms with Gasteiger partial charge in [0.05, 0.1) is 19.8 Å². The normalized spacial score (nSPS) is 21.0. The summed E-state index contributed by atoms with van der Waals surface area (Å²) in [6.07, 6.45) is 3.21. The fraction of sp³-hybridized carbons (Fsp3) is 0.400. The largest absolute Gasteiger partial charge is 0.490 e. The Labute approximate surface area is 176 Å². The van der Waals surface area contributed by atoms with Crippen LogP contribution in [-0.2, 0) is 6.54 Å². The Kier molecular flexibility index (Phi) is 4.99. The van der Waals surface area contributed by atoms with Gasteiger partial charge in [0.15, 0.2) is 11.5 Å². The summed E-state index contributed by atoms with van der Waals surface area (Å²) in [6.45, 7) is 7.37. The summed E-state index contributed by atoms with van der Waals surface area (Å²) in [7, 11) is 0. The van der Waals surface area contributed by atoms with Gasteiger partial charge in [-0.05, 0) is 43.2 Å². The van der Waals surface area contributed by atoms with Crippen molar-refractivity contribution in [2.75, 3.05) is 19.8 Å². The van der Waals surface area contributed by atoms with Gasteiger partial charge in [0, 0.05) is 41.8 Å². The Morgan fingerprint density at radius 3 is 2.70 bits per heavy atom. The number of nitrogens with one attached hydrogen (secondary N) is 1. The molecule has 1 fully saturated rings. The number of quaternary nitrogens is 1. The topological polar surface area (TPSA) is 53.1 Å². The monoisotopic (exact) mass is 406 g/mol. The van der Waals surface area contributed by atoms with E-state index in [9.17, 15) is 4.79 Å². The van der Waals surface area contributed by atoms with E-state index in [0.29, 0.717) is 19.3 Å². The molecule has 5 nitrogen and oxygen atoms in total. The van der Waals surface area contributed by atoms with Crippen molar-refractivity contribution >= 4 is 11.0 Å². The number of hydrogen-bond donors (Lipinski definition) is 1. The SMILES string of the molecule is Cc1ccc2c(C[NH+]3CCC[C@@H]3c3ccc4c(c3)OCCCO4)cc(=O)oc2c1C. The molecule has 30 heavy (non-hydrogen) atoms. The maximum atomic E-state index is 12.3. The van der Waals surface area contributed by atoms with Gasteiger partial charge >= 0.3 is 5.63 Å². The summed E-state index contributed by atoms with van der Waals surface area (Å²) in [5, 5.41) is 1.05. The molecule has 0 bridgehead atoms. The van der Waals surface area contributed by atoms with Crippen LogP contribution in [0.25, 0.3) is 11.0 Å². The average molecular weight is 407 g/mol. The Balaban J connectivity index is 1.48. The van der Waals surface area contributed by atoms with Gasteiger partial charge in [-0.25, -0.2) is 4.79 Å². The lowest BCUT2D eigenvalue weighted by Gasteiger charge is -2.23. The van der Waals surface area contributed by atoms with Crippen molar-refractivity contribution < 1.29 is 18.8 Å². The maximum absolute atomic E-state index is 12.3. The third-order valence-electron chi connectivity index (χ3n) is 6.59. The first-order valence-electron chi connectivity index (χ1n) is 10.9. The van der Waals surface area contributed by atoms with Gasteiger partial charge in [-0.1, -0.05) is 12.1 Å². The fourth-order valence-electron chi connectivity index (χ4n) is 4.84. The van der Waals surface area contributed by atoms with Crippen molar-refractivity contribution in [3.8, 4) is 11.5 Å². The molecule has 5 rings (SSSR count). The summed E-state index contributed by atoms with van der Waals surface area (Å²) in [6, 6.07) is 12.6. The van der Waals surface area contributed by atoms with E-state index in [1.54, 1.807) is 6.07 Å². The molecule has 0 saturated carbocycles. The predicted molar refractivity (Wildman–Crippen MR) is 116 cm³/mol. The Hall–Kier alpha value is -2.79. The standard InChI is InChI=1S/C25H27NO4/c1-16-6-8-20-19(14-24(27)30-25(20)17(16)2)15-26-10-3-5-21(26)18-7-9-22-23(13-18)29-12-4-11-28-22/h6-9,13-14,21H,3-5,10-12,15H2,1-2H3/p+1/t21-/m1/s1. The number of rotatable bonds is 3. The second-order valence-electron chi connectivity index (χ2n) is 8.51. The molecule has 0 spiro atoms. The van der Waals surface area contributed by atoms with E-state index in [-0.39, 0.29) is 5.63 Å². The molecule has 156 valence electrons. The maximum Gasteiger partial charge on any atom is 0.336 e. The number of ether oxygens (including phenoxy) is 2. The molecule has 1 saturated heterocycles. The molecule has 2 aliphatic rings. The van der Waals surface area contributed by atoms with E-state index >= 15 is 0 Å². The van der Waals surface area contributed by atoms with Crippen LogP contribution in [0.3, 0.4) is 0 Å². The van der Waals surface area contributed by atoms with Gasteiger partial charge in [-0.3, -0.25) is 0 Å². The molecule has 2 aromatic carbocycles. The van der Waals surface area contributed by atoms with Crippen LogP contribution < -0.4 is 20.0 Å². The van der Waals surface area contributed by atoms with Gasteiger partial charge in [0.25, 0.3) is 0 Å². The smallest absolute Gasteiger partial charge is 0.336 e. The van der Waals surface area contributed by atoms with Crippen LogP contribution in [0.2, 0.25) is 0 Å². The molecule has 5 heteroatoms. The second kappa shape index (κ2) is 7.80. The highest BCUT2D eigenvalue weighted by atomic mass is 16.5. The molecule has 0 radical (unpaired) electrons. The average Bonchev–Trinajstić information content (AvgIpc) is 3.06. The molecule has 0 aliphatic carbocycles. The van der Waals surface area contributed by atoms with E-state index in [1.165, 1.54) is 16.9 Å². The highest BCUT2D eigenvalue weighted by molar-refractivity contribution is 5.83. The van der Waals surface area contributed by atoms with Crippen LogP contribution in [0.5, 0.6) is 11.5 Å². The zero-order chi connectivity index (χ0) is 20.7. The van der Waals surface area contributed by atoms with E-state index in [2.05, 4.69) is 24.3 Å². The first kappa shape index (κ1) is 19.2. The molecule has 2 aliphatic heterocycles. The molecular formula is C25H28NO4+. The number of aryl methyl sites for hydroxylation is 2. The summed E-state index contributed by atoms with van der Waals surface area (Å²) < 4.78 is 17.3. The lowest BCUT2D eigenvalue weighted by atomic mass is 10.0. The minimum absolute atomic E-state index is 0.267. The summed E-state index contributed by atoms with van der Waals surface area (Å²) in [5.74, 6) is 1.70.